The lowest BCUT2D eigenvalue weighted by atomic mass is 10.1. The van der Waals surface area contributed by atoms with Crippen molar-refractivity contribution in [1.29, 1.82) is 0 Å². The number of hydrogen-bond donors (Lipinski definition) is 3. The molecule has 2 atom stereocenters. The predicted molar refractivity (Wildman–Crippen MR) is 97.2 cm³/mol. The van der Waals surface area contributed by atoms with Gasteiger partial charge in [-0.3, -0.25) is 0 Å². The largest absolute Gasteiger partial charge is 0.472 e. The molecular formula is C17H22ClN5O3. The fraction of sp³-hybridized carbons (Fsp3) is 0.412. The highest BCUT2D eigenvalue weighted by Gasteiger charge is 2.37. The topological polar surface area (TPSA) is 116 Å². The lowest BCUT2D eigenvalue weighted by molar-refractivity contribution is 0.0599. The van der Waals surface area contributed by atoms with Crippen LogP contribution in [0.15, 0.2) is 35.0 Å². The number of aryl methyl sites for hydroxylation is 1. The Morgan fingerprint density at radius 3 is 2.96 bits per heavy atom. The molecule has 0 radical (unpaired) electrons. The summed E-state index contributed by atoms with van der Waals surface area (Å²) in [4.78, 5) is 18.0. The van der Waals surface area contributed by atoms with Crippen LogP contribution in [-0.4, -0.2) is 48.2 Å². The van der Waals surface area contributed by atoms with Gasteiger partial charge in [-0.15, -0.1) is 0 Å². The quantitative estimate of drug-likeness (QED) is 0.519. The SMILES string of the molecule is COC(=O)c1cnc(OC2CC3CNC(N)=C(/C=C(\N)Cl)N3C2)cc1C. The van der Waals surface area contributed by atoms with Crippen LogP contribution in [0.5, 0.6) is 5.88 Å². The minimum absolute atomic E-state index is 0.0662. The Hall–Kier alpha value is -2.61. The van der Waals surface area contributed by atoms with Crippen molar-refractivity contribution in [3.8, 4) is 5.88 Å². The van der Waals surface area contributed by atoms with E-state index in [2.05, 4.69) is 15.2 Å². The number of fused-ring (bicyclic) bond motifs is 1. The predicted octanol–water partition coefficient (Wildman–Crippen LogP) is 0.768. The molecule has 8 nitrogen and oxygen atoms in total. The van der Waals surface area contributed by atoms with E-state index in [1.165, 1.54) is 13.3 Å². The average Bonchev–Trinajstić information content (AvgIpc) is 2.99. The third-order valence-electron chi connectivity index (χ3n) is 4.54. The van der Waals surface area contributed by atoms with E-state index in [1.807, 2.05) is 6.92 Å². The number of carbonyl (C=O) groups excluding carboxylic acids is 1. The standard InChI is InChI=1S/C17H22ClN5O3/c1-9-3-15(21-7-12(9)17(24)25-2)26-11-4-10-6-22-16(20)13(5-14(18)19)23(10)8-11/h3,5,7,10-11,22H,4,6,8,19-20H2,1-2H3/b14-5-. The summed E-state index contributed by atoms with van der Waals surface area (Å²) in [5, 5.41) is 3.33. The lowest BCUT2D eigenvalue weighted by Gasteiger charge is -2.33. The normalized spacial score (nSPS) is 22.7. The van der Waals surface area contributed by atoms with Crippen LogP contribution in [0.3, 0.4) is 0 Å². The molecule has 0 saturated carbocycles. The van der Waals surface area contributed by atoms with E-state index < -0.39 is 5.97 Å². The van der Waals surface area contributed by atoms with Crippen molar-refractivity contribution in [2.45, 2.75) is 25.5 Å². The maximum absolute atomic E-state index is 11.7. The number of hydrogen-bond acceptors (Lipinski definition) is 8. The Morgan fingerprint density at radius 2 is 2.31 bits per heavy atom. The fourth-order valence-electron chi connectivity index (χ4n) is 3.30. The first-order chi connectivity index (χ1) is 12.4. The zero-order chi connectivity index (χ0) is 18.8. The van der Waals surface area contributed by atoms with E-state index in [1.54, 1.807) is 12.1 Å². The van der Waals surface area contributed by atoms with Crippen LogP contribution in [0, 0.1) is 6.92 Å². The van der Waals surface area contributed by atoms with Crippen LogP contribution < -0.4 is 21.5 Å². The molecule has 5 N–H and O–H groups in total. The van der Waals surface area contributed by atoms with Crippen LogP contribution in [0.25, 0.3) is 0 Å². The molecule has 0 bridgehead atoms. The number of nitrogens with one attached hydrogen (secondary N) is 1. The molecule has 2 aliphatic heterocycles. The van der Waals surface area contributed by atoms with Gasteiger partial charge in [0.05, 0.1) is 31.0 Å². The van der Waals surface area contributed by atoms with E-state index in [-0.39, 0.29) is 17.3 Å². The van der Waals surface area contributed by atoms with Gasteiger partial charge in [0.1, 0.15) is 17.1 Å². The van der Waals surface area contributed by atoms with Crippen LogP contribution in [0.2, 0.25) is 0 Å². The smallest absolute Gasteiger partial charge is 0.339 e. The summed E-state index contributed by atoms with van der Waals surface area (Å²) in [7, 11) is 1.34. The number of halogens is 1. The number of nitrogens with two attached hydrogens (primary N) is 2. The van der Waals surface area contributed by atoms with E-state index in [4.69, 9.17) is 32.5 Å². The first-order valence-corrected chi connectivity index (χ1v) is 8.61. The van der Waals surface area contributed by atoms with Gasteiger partial charge in [0.2, 0.25) is 5.88 Å². The second-order valence-electron chi connectivity index (χ2n) is 6.32. The van der Waals surface area contributed by atoms with Gasteiger partial charge in [0.15, 0.2) is 0 Å². The molecular weight excluding hydrogens is 358 g/mol. The van der Waals surface area contributed by atoms with Crippen LogP contribution in [-0.2, 0) is 4.74 Å². The molecule has 2 unspecified atom stereocenters. The summed E-state index contributed by atoms with van der Waals surface area (Å²) < 4.78 is 10.8. The summed E-state index contributed by atoms with van der Waals surface area (Å²) in [5.41, 5.74) is 13.6. The Balaban J connectivity index is 1.73. The number of nitrogens with zero attached hydrogens (tertiary/aromatic N) is 2. The highest BCUT2D eigenvalue weighted by Crippen LogP contribution is 2.29. The van der Waals surface area contributed by atoms with Crippen molar-refractivity contribution in [3.05, 3.63) is 46.1 Å². The number of allylic oxidation sites excluding steroid dienone is 1. The number of rotatable bonds is 4. The van der Waals surface area contributed by atoms with Crippen LogP contribution in [0.1, 0.15) is 22.3 Å². The van der Waals surface area contributed by atoms with Gasteiger partial charge in [-0.25, -0.2) is 9.78 Å². The average molecular weight is 380 g/mol. The molecule has 1 aromatic rings. The molecule has 1 fully saturated rings. The second kappa shape index (κ2) is 7.33. The van der Waals surface area contributed by atoms with Gasteiger partial charge in [-0.05, 0) is 18.6 Å². The van der Waals surface area contributed by atoms with Gasteiger partial charge < -0.3 is 31.2 Å². The number of esters is 1. The molecule has 0 amide bonds. The number of methoxy groups -OCH3 is 1. The minimum Gasteiger partial charge on any atom is -0.472 e. The molecule has 26 heavy (non-hydrogen) atoms. The van der Waals surface area contributed by atoms with Crippen molar-refractivity contribution >= 4 is 17.6 Å². The Morgan fingerprint density at radius 1 is 1.54 bits per heavy atom. The van der Waals surface area contributed by atoms with Crippen molar-refractivity contribution < 1.29 is 14.3 Å². The van der Waals surface area contributed by atoms with Gasteiger partial charge in [0.25, 0.3) is 0 Å². The molecule has 0 aliphatic carbocycles. The Kier molecular flexibility index (Phi) is 5.13. The molecule has 9 heteroatoms. The molecule has 1 aromatic heterocycles. The molecule has 0 spiro atoms. The number of aromatic nitrogens is 1. The number of ether oxygens (including phenoxy) is 2. The summed E-state index contributed by atoms with van der Waals surface area (Å²) in [6.07, 6.45) is 3.86. The van der Waals surface area contributed by atoms with Crippen molar-refractivity contribution in [2.75, 3.05) is 20.2 Å². The third kappa shape index (κ3) is 3.65. The van der Waals surface area contributed by atoms with E-state index in [0.717, 1.165) is 24.2 Å². The molecule has 140 valence electrons. The summed E-state index contributed by atoms with van der Waals surface area (Å²) in [6, 6.07) is 1.97. The fourth-order valence-corrected chi connectivity index (χ4v) is 3.40. The van der Waals surface area contributed by atoms with Crippen LogP contribution in [0.4, 0.5) is 0 Å². The van der Waals surface area contributed by atoms with Crippen LogP contribution >= 0.6 is 11.6 Å². The first kappa shape index (κ1) is 18.2. The maximum Gasteiger partial charge on any atom is 0.339 e. The number of carbonyl (C=O) groups is 1. The molecule has 3 rings (SSSR count). The number of pyridine rings is 1. The lowest BCUT2D eigenvalue weighted by Crippen LogP contribution is -2.45. The zero-order valence-corrected chi connectivity index (χ0v) is 15.4. The third-order valence-corrected chi connectivity index (χ3v) is 4.65. The van der Waals surface area contributed by atoms with Gasteiger partial charge >= 0.3 is 5.97 Å². The highest BCUT2D eigenvalue weighted by molar-refractivity contribution is 6.29. The second-order valence-corrected chi connectivity index (χ2v) is 6.76. The maximum atomic E-state index is 11.7. The van der Waals surface area contributed by atoms with Crippen molar-refractivity contribution in [3.63, 3.8) is 0 Å². The Labute approximate surface area is 156 Å². The summed E-state index contributed by atoms with van der Waals surface area (Å²) in [6.45, 7) is 3.18. The molecule has 2 aliphatic rings. The summed E-state index contributed by atoms with van der Waals surface area (Å²) >= 11 is 5.82. The van der Waals surface area contributed by atoms with Crippen molar-refractivity contribution in [2.24, 2.45) is 11.5 Å². The monoisotopic (exact) mass is 379 g/mol. The van der Waals surface area contributed by atoms with E-state index in [9.17, 15) is 4.79 Å². The first-order valence-electron chi connectivity index (χ1n) is 8.23. The van der Waals surface area contributed by atoms with Gasteiger partial charge in [0, 0.05) is 25.2 Å². The molecule has 0 aromatic carbocycles. The summed E-state index contributed by atoms with van der Waals surface area (Å²) in [5.74, 6) is 0.599. The molecule has 1 saturated heterocycles. The van der Waals surface area contributed by atoms with E-state index in [0.29, 0.717) is 23.8 Å². The van der Waals surface area contributed by atoms with Gasteiger partial charge in [-0.2, -0.15) is 0 Å². The van der Waals surface area contributed by atoms with E-state index >= 15 is 0 Å². The van der Waals surface area contributed by atoms with Crippen molar-refractivity contribution in [1.82, 2.24) is 15.2 Å². The minimum atomic E-state index is -0.415. The Bertz CT molecular complexity index is 776. The highest BCUT2D eigenvalue weighted by atomic mass is 35.5. The molecule has 3 heterocycles. The van der Waals surface area contributed by atoms with Gasteiger partial charge in [-0.1, -0.05) is 11.6 Å². The zero-order valence-electron chi connectivity index (χ0n) is 14.7.